The number of rotatable bonds is 3. The highest BCUT2D eigenvalue weighted by molar-refractivity contribution is 5.20. The fourth-order valence-corrected chi connectivity index (χ4v) is 1.83. The molecule has 2 rings (SSSR count). The monoisotopic (exact) mass is 195 g/mol. The molecule has 1 atom stereocenters. The lowest BCUT2D eigenvalue weighted by atomic mass is 10.2. The highest BCUT2D eigenvalue weighted by atomic mass is 16.5. The summed E-state index contributed by atoms with van der Waals surface area (Å²) >= 11 is 0. The van der Waals surface area contributed by atoms with Crippen molar-refractivity contribution in [3.05, 3.63) is 17.0 Å². The van der Waals surface area contributed by atoms with Gasteiger partial charge in [0.15, 0.2) is 0 Å². The summed E-state index contributed by atoms with van der Waals surface area (Å²) in [5.41, 5.74) is 2.21. The van der Waals surface area contributed by atoms with Crippen LogP contribution in [-0.2, 0) is 6.54 Å². The first-order chi connectivity index (χ1) is 6.77. The van der Waals surface area contributed by atoms with Crippen LogP contribution in [0, 0.1) is 13.8 Å². The molecule has 1 saturated heterocycles. The predicted octanol–water partition coefficient (Wildman–Crippen LogP) is 0.743. The van der Waals surface area contributed by atoms with Crippen molar-refractivity contribution in [3.8, 4) is 0 Å². The van der Waals surface area contributed by atoms with Gasteiger partial charge in [0.2, 0.25) is 0 Å². The Balaban J connectivity index is 1.90. The first-order valence-corrected chi connectivity index (χ1v) is 5.13. The molecule has 4 nitrogen and oxygen atoms in total. The summed E-state index contributed by atoms with van der Waals surface area (Å²) in [6, 6.07) is 0.601. The van der Waals surface area contributed by atoms with Gasteiger partial charge >= 0.3 is 0 Å². The standard InChI is InChI=1S/C10H17N3O/c1-7-10(8(2)14-13-7)6-12-9-3-4-11-5-9/h9,11-12H,3-6H2,1-2H3. The maximum atomic E-state index is 5.10. The number of hydrogen-bond acceptors (Lipinski definition) is 4. The lowest BCUT2D eigenvalue weighted by Crippen LogP contribution is -2.30. The Kier molecular flexibility index (Phi) is 2.84. The molecular formula is C10H17N3O. The number of nitrogens with zero attached hydrogens (tertiary/aromatic N) is 1. The molecule has 0 spiro atoms. The van der Waals surface area contributed by atoms with E-state index in [0.29, 0.717) is 6.04 Å². The minimum absolute atomic E-state index is 0.601. The highest BCUT2D eigenvalue weighted by Crippen LogP contribution is 2.12. The lowest BCUT2D eigenvalue weighted by molar-refractivity contribution is 0.391. The van der Waals surface area contributed by atoms with E-state index in [1.807, 2.05) is 13.8 Å². The Morgan fingerprint density at radius 1 is 1.57 bits per heavy atom. The van der Waals surface area contributed by atoms with Crippen LogP contribution in [0.4, 0.5) is 0 Å². The number of aromatic nitrogens is 1. The summed E-state index contributed by atoms with van der Waals surface area (Å²) in [4.78, 5) is 0. The zero-order valence-electron chi connectivity index (χ0n) is 8.76. The lowest BCUT2D eigenvalue weighted by Gasteiger charge is -2.10. The van der Waals surface area contributed by atoms with E-state index in [0.717, 1.165) is 31.1 Å². The van der Waals surface area contributed by atoms with Gasteiger partial charge in [0.25, 0.3) is 0 Å². The molecule has 1 aliphatic rings. The van der Waals surface area contributed by atoms with E-state index in [4.69, 9.17) is 4.52 Å². The fraction of sp³-hybridized carbons (Fsp3) is 0.700. The van der Waals surface area contributed by atoms with Crippen LogP contribution in [0.5, 0.6) is 0 Å². The first kappa shape index (κ1) is 9.68. The largest absolute Gasteiger partial charge is 0.361 e. The van der Waals surface area contributed by atoms with Crippen LogP contribution in [0.1, 0.15) is 23.4 Å². The van der Waals surface area contributed by atoms with Crippen LogP contribution in [0.2, 0.25) is 0 Å². The Bertz CT molecular complexity index is 283. The third kappa shape index (κ3) is 1.96. The summed E-state index contributed by atoms with van der Waals surface area (Å²) in [6.07, 6.45) is 1.21. The highest BCUT2D eigenvalue weighted by Gasteiger charge is 2.15. The topological polar surface area (TPSA) is 50.1 Å². The van der Waals surface area contributed by atoms with Crippen LogP contribution >= 0.6 is 0 Å². The van der Waals surface area contributed by atoms with Gasteiger partial charge in [-0.15, -0.1) is 0 Å². The third-order valence-corrected chi connectivity index (χ3v) is 2.81. The van der Waals surface area contributed by atoms with Gasteiger partial charge in [0, 0.05) is 24.7 Å². The summed E-state index contributed by atoms with van der Waals surface area (Å²) < 4.78 is 5.10. The van der Waals surface area contributed by atoms with E-state index < -0.39 is 0 Å². The van der Waals surface area contributed by atoms with Crippen molar-refractivity contribution in [1.82, 2.24) is 15.8 Å². The second-order valence-corrected chi connectivity index (χ2v) is 3.87. The Morgan fingerprint density at radius 3 is 3.00 bits per heavy atom. The van der Waals surface area contributed by atoms with Gasteiger partial charge in [-0.3, -0.25) is 0 Å². The number of aryl methyl sites for hydroxylation is 2. The quantitative estimate of drug-likeness (QED) is 0.747. The summed E-state index contributed by atoms with van der Waals surface area (Å²) in [5, 5.41) is 10.8. The van der Waals surface area contributed by atoms with Gasteiger partial charge in [-0.05, 0) is 26.8 Å². The van der Waals surface area contributed by atoms with Gasteiger partial charge in [0.05, 0.1) is 5.69 Å². The average Bonchev–Trinajstić information content (AvgIpc) is 2.76. The molecular weight excluding hydrogens is 178 g/mol. The molecule has 1 aromatic rings. The summed E-state index contributed by atoms with van der Waals surface area (Å²) in [5.74, 6) is 0.931. The van der Waals surface area contributed by atoms with Crippen molar-refractivity contribution in [2.75, 3.05) is 13.1 Å². The van der Waals surface area contributed by atoms with Crippen molar-refractivity contribution in [3.63, 3.8) is 0 Å². The van der Waals surface area contributed by atoms with Crippen molar-refractivity contribution < 1.29 is 4.52 Å². The van der Waals surface area contributed by atoms with E-state index >= 15 is 0 Å². The predicted molar refractivity (Wildman–Crippen MR) is 54.1 cm³/mol. The van der Waals surface area contributed by atoms with E-state index in [-0.39, 0.29) is 0 Å². The molecule has 78 valence electrons. The molecule has 2 heterocycles. The minimum Gasteiger partial charge on any atom is -0.361 e. The molecule has 1 fully saturated rings. The minimum atomic E-state index is 0.601. The molecule has 0 aromatic carbocycles. The molecule has 0 radical (unpaired) electrons. The smallest absolute Gasteiger partial charge is 0.138 e. The molecule has 1 aliphatic heterocycles. The van der Waals surface area contributed by atoms with Crippen LogP contribution in [0.25, 0.3) is 0 Å². The van der Waals surface area contributed by atoms with E-state index in [1.54, 1.807) is 0 Å². The van der Waals surface area contributed by atoms with Crippen molar-refractivity contribution >= 4 is 0 Å². The molecule has 0 aliphatic carbocycles. The van der Waals surface area contributed by atoms with Crippen molar-refractivity contribution in [1.29, 1.82) is 0 Å². The summed E-state index contributed by atoms with van der Waals surface area (Å²) in [6.45, 7) is 7.01. The second-order valence-electron chi connectivity index (χ2n) is 3.87. The molecule has 14 heavy (non-hydrogen) atoms. The van der Waals surface area contributed by atoms with Crippen molar-refractivity contribution in [2.24, 2.45) is 0 Å². The molecule has 1 unspecified atom stereocenters. The van der Waals surface area contributed by atoms with Crippen molar-refractivity contribution in [2.45, 2.75) is 32.9 Å². The van der Waals surface area contributed by atoms with Crippen LogP contribution in [0.15, 0.2) is 4.52 Å². The number of nitrogens with one attached hydrogen (secondary N) is 2. The van der Waals surface area contributed by atoms with Gasteiger partial charge in [-0.25, -0.2) is 0 Å². The zero-order valence-corrected chi connectivity index (χ0v) is 8.76. The molecule has 4 heteroatoms. The molecule has 0 saturated carbocycles. The Hall–Kier alpha value is -0.870. The normalized spacial score (nSPS) is 21.7. The van der Waals surface area contributed by atoms with Crippen LogP contribution in [-0.4, -0.2) is 24.3 Å². The van der Waals surface area contributed by atoms with Gasteiger partial charge in [-0.2, -0.15) is 0 Å². The van der Waals surface area contributed by atoms with E-state index in [1.165, 1.54) is 12.0 Å². The third-order valence-electron chi connectivity index (χ3n) is 2.81. The van der Waals surface area contributed by atoms with Gasteiger partial charge in [-0.1, -0.05) is 5.16 Å². The molecule has 0 amide bonds. The van der Waals surface area contributed by atoms with E-state index in [9.17, 15) is 0 Å². The number of hydrogen-bond donors (Lipinski definition) is 2. The Morgan fingerprint density at radius 2 is 2.43 bits per heavy atom. The van der Waals surface area contributed by atoms with E-state index in [2.05, 4.69) is 15.8 Å². The Labute approximate surface area is 84.0 Å². The van der Waals surface area contributed by atoms with Crippen LogP contribution in [0.3, 0.4) is 0 Å². The molecule has 0 bridgehead atoms. The maximum absolute atomic E-state index is 5.10. The van der Waals surface area contributed by atoms with Crippen LogP contribution < -0.4 is 10.6 Å². The summed E-state index contributed by atoms with van der Waals surface area (Å²) in [7, 11) is 0. The SMILES string of the molecule is Cc1noc(C)c1CNC1CCNC1. The van der Waals surface area contributed by atoms with Gasteiger partial charge in [0.1, 0.15) is 5.76 Å². The first-order valence-electron chi connectivity index (χ1n) is 5.13. The zero-order chi connectivity index (χ0) is 9.97. The van der Waals surface area contributed by atoms with Gasteiger partial charge < -0.3 is 15.2 Å². The average molecular weight is 195 g/mol. The molecule has 2 N–H and O–H groups in total. The maximum Gasteiger partial charge on any atom is 0.138 e. The second kappa shape index (κ2) is 4.11. The molecule has 1 aromatic heterocycles. The fourth-order valence-electron chi connectivity index (χ4n) is 1.83.